The Kier molecular flexibility index (Phi) is 4.85. The predicted molar refractivity (Wildman–Crippen MR) is 84.3 cm³/mol. The van der Waals surface area contributed by atoms with E-state index in [1.807, 2.05) is 0 Å². The van der Waals surface area contributed by atoms with Crippen molar-refractivity contribution in [1.82, 2.24) is 0 Å². The minimum atomic E-state index is -0.420. The van der Waals surface area contributed by atoms with Gasteiger partial charge in [0.2, 0.25) is 0 Å². The van der Waals surface area contributed by atoms with Crippen molar-refractivity contribution < 1.29 is 13.9 Å². The lowest BCUT2D eigenvalue weighted by Crippen LogP contribution is -2.05. The van der Waals surface area contributed by atoms with Crippen LogP contribution in [0, 0.1) is 5.82 Å². The number of ether oxygens (including phenoxy) is 1. The smallest absolute Gasteiger partial charge is 0.163 e. The number of carbonyl (C=O) groups is 1. The second-order valence-electron chi connectivity index (χ2n) is 4.45. The van der Waals surface area contributed by atoms with E-state index in [0.29, 0.717) is 27.0 Å². The minimum Gasteiger partial charge on any atom is -0.486 e. The normalized spacial score (nSPS) is 10.5. The minimum absolute atomic E-state index is 0.0885. The van der Waals surface area contributed by atoms with Gasteiger partial charge in [-0.3, -0.25) is 4.79 Å². The summed E-state index contributed by atoms with van der Waals surface area (Å²) in [7, 11) is 0. The van der Waals surface area contributed by atoms with Gasteiger partial charge in [0.05, 0.1) is 16.3 Å². The molecule has 0 aromatic heterocycles. The van der Waals surface area contributed by atoms with Crippen molar-refractivity contribution in [2.75, 3.05) is 5.73 Å². The Bertz CT molecular complexity index is 706. The van der Waals surface area contributed by atoms with Crippen LogP contribution in [-0.2, 0) is 6.61 Å². The van der Waals surface area contributed by atoms with Crippen LogP contribution in [0.4, 0.5) is 10.1 Å². The molecule has 0 aliphatic carbocycles. The van der Waals surface area contributed by atoms with E-state index in [1.54, 1.807) is 12.1 Å². The molecule has 21 heavy (non-hydrogen) atoms. The molecule has 0 bridgehead atoms. The topological polar surface area (TPSA) is 52.3 Å². The average Bonchev–Trinajstić information content (AvgIpc) is 2.38. The van der Waals surface area contributed by atoms with Gasteiger partial charge in [0.1, 0.15) is 12.4 Å². The van der Waals surface area contributed by atoms with E-state index < -0.39 is 5.82 Å². The van der Waals surface area contributed by atoms with Gasteiger partial charge in [-0.2, -0.15) is 0 Å². The van der Waals surface area contributed by atoms with Crippen molar-refractivity contribution in [3.8, 4) is 5.75 Å². The first-order valence-corrected chi connectivity index (χ1v) is 7.22. The van der Waals surface area contributed by atoms with Crippen LogP contribution in [0.15, 0.2) is 34.8 Å². The largest absolute Gasteiger partial charge is 0.486 e. The molecule has 0 aliphatic heterocycles. The van der Waals surface area contributed by atoms with E-state index >= 15 is 0 Å². The molecule has 0 radical (unpaired) electrons. The monoisotopic (exact) mass is 371 g/mol. The number of anilines is 1. The van der Waals surface area contributed by atoms with Crippen molar-refractivity contribution in [2.24, 2.45) is 0 Å². The second-order valence-corrected chi connectivity index (χ2v) is 5.78. The van der Waals surface area contributed by atoms with Crippen LogP contribution in [0.5, 0.6) is 5.75 Å². The summed E-state index contributed by atoms with van der Waals surface area (Å²) in [6, 6.07) is 7.31. The Labute approximate surface area is 135 Å². The highest BCUT2D eigenvalue weighted by atomic mass is 79.9. The third kappa shape index (κ3) is 3.74. The van der Waals surface area contributed by atoms with Crippen LogP contribution in [0.1, 0.15) is 22.8 Å². The van der Waals surface area contributed by atoms with Gasteiger partial charge >= 0.3 is 0 Å². The number of nitrogens with two attached hydrogens (primary N) is 1. The number of ketones is 1. The molecule has 0 saturated carbocycles. The van der Waals surface area contributed by atoms with Crippen molar-refractivity contribution in [1.29, 1.82) is 0 Å². The molecule has 2 N–H and O–H groups in total. The first kappa shape index (κ1) is 15.8. The van der Waals surface area contributed by atoms with E-state index in [4.69, 9.17) is 22.1 Å². The number of rotatable bonds is 4. The molecule has 0 atom stereocenters. The van der Waals surface area contributed by atoms with E-state index in [-0.39, 0.29) is 17.4 Å². The van der Waals surface area contributed by atoms with Gasteiger partial charge in [0.25, 0.3) is 0 Å². The van der Waals surface area contributed by atoms with E-state index in [2.05, 4.69) is 15.9 Å². The van der Waals surface area contributed by atoms with Crippen molar-refractivity contribution in [2.45, 2.75) is 13.5 Å². The highest BCUT2D eigenvalue weighted by Crippen LogP contribution is 2.32. The lowest BCUT2D eigenvalue weighted by molar-refractivity contribution is 0.101. The lowest BCUT2D eigenvalue weighted by Gasteiger charge is -2.14. The predicted octanol–water partition coefficient (Wildman–Crippen LogP) is 4.61. The fourth-order valence-corrected chi connectivity index (χ4v) is 2.52. The van der Waals surface area contributed by atoms with Gasteiger partial charge in [-0.25, -0.2) is 4.39 Å². The fraction of sp³-hybridized carbons (Fsp3) is 0.133. The number of hydrogen-bond acceptors (Lipinski definition) is 3. The Morgan fingerprint density at radius 1 is 1.38 bits per heavy atom. The van der Waals surface area contributed by atoms with Crippen LogP contribution in [0.25, 0.3) is 0 Å². The molecule has 110 valence electrons. The molecule has 0 heterocycles. The molecule has 0 saturated heterocycles. The molecule has 3 nitrogen and oxygen atoms in total. The van der Waals surface area contributed by atoms with Crippen LogP contribution in [0.3, 0.4) is 0 Å². The van der Waals surface area contributed by atoms with Crippen LogP contribution < -0.4 is 10.5 Å². The van der Waals surface area contributed by atoms with Gasteiger partial charge in [0, 0.05) is 10.0 Å². The zero-order chi connectivity index (χ0) is 15.6. The summed E-state index contributed by atoms with van der Waals surface area (Å²) in [5, 5.41) is 0.259. The summed E-state index contributed by atoms with van der Waals surface area (Å²) in [5.74, 6) is -0.286. The van der Waals surface area contributed by atoms with Crippen LogP contribution >= 0.6 is 27.5 Å². The Balaban J connectivity index is 2.29. The maximum atomic E-state index is 13.0. The number of halogens is 3. The highest BCUT2D eigenvalue weighted by molar-refractivity contribution is 9.10. The summed E-state index contributed by atoms with van der Waals surface area (Å²) >= 11 is 9.22. The molecular formula is C15H12BrClFNO2. The molecule has 0 spiro atoms. The van der Waals surface area contributed by atoms with Gasteiger partial charge in [0.15, 0.2) is 11.5 Å². The standard InChI is InChI=1S/C15H12BrClFNO2/c1-8(20)12-4-10(16)5-14(19)15(12)21-7-9-2-3-11(18)6-13(9)17/h2-6H,7,19H2,1H3. The number of nitrogen functional groups attached to an aromatic ring is 1. The first-order valence-electron chi connectivity index (χ1n) is 6.05. The molecule has 0 unspecified atom stereocenters. The second kappa shape index (κ2) is 6.45. The molecule has 2 rings (SSSR count). The maximum absolute atomic E-state index is 13.0. The van der Waals surface area contributed by atoms with Gasteiger partial charge < -0.3 is 10.5 Å². The highest BCUT2D eigenvalue weighted by Gasteiger charge is 2.14. The number of hydrogen-bond donors (Lipinski definition) is 1. The van der Waals surface area contributed by atoms with Crippen molar-refractivity contribution in [3.63, 3.8) is 0 Å². The van der Waals surface area contributed by atoms with Crippen LogP contribution in [0.2, 0.25) is 5.02 Å². The summed E-state index contributed by atoms with van der Waals surface area (Å²) in [5.41, 5.74) is 7.21. The molecule has 6 heteroatoms. The first-order chi connectivity index (χ1) is 9.88. The van der Waals surface area contributed by atoms with E-state index in [9.17, 15) is 9.18 Å². The summed E-state index contributed by atoms with van der Waals surface area (Å²) in [6.45, 7) is 1.52. The zero-order valence-electron chi connectivity index (χ0n) is 11.1. The SMILES string of the molecule is CC(=O)c1cc(Br)cc(N)c1OCc1ccc(F)cc1Cl. The maximum Gasteiger partial charge on any atom is 0.163 e. The van der Waals surface area contributed by atoms with Crippen LogP contribution in [-0.4, -0.2) is 5.78 Å². The number of Topliss-reactive ketones (excluding diaryl/α,β-unsaturated/α-hetero) is 1. The third-order valence-corrected chi connectivity index (χ3v) is 3.66. The Morgan fingerprint density at radius 2 is 2.10 bits per heavy atom. The quantitative estimate of drug-likeness (QED) is 0.630. The summed E-state index contributed by atoms with van der Waals surface area (Å²) in [4.78, 5) is 11.7. The molecule has 0 amide bonds. The molecule has 2 aromatic rings. The number of benzene rings is 2. The van der Waals surface area contributed by atoms with E-state index in [0.717, 1.165) is 0 Å². The number of carbonyl (C=O) groups excluding carboxylic acids is 1. The third-order valence-electron chi connectivity index (χ3n) is 2.85. The van der Waals surface area contributed by atoms with Crippen molar-refractivity contribution in [3.05, 3.63) is 56.8 Å². The Hall–Kier alpha value is -1.59. The molecule has 0 aliphatic rings. The molecule has 0 fully saturated rings. The zero-order valence-corrected chi connectivity index (χ0v) is 13.5. The lowest BCUT2D eigenvalue weighted by atomic mass is 10.1. The summed E-state index contributed by atoms with van der Waals surface area (Å²) < 4.78 is 19.3. The van der Waals surface area contributed by atoms with Gasteiger partial charge in [-0.1, -0.05) is 33.6 Å². The average molecular weight is 373 g/mol. The fourth-order valence-electron chi connectivity index (χ4n) is 1.83. The molecular weight excluding hydrogens is 361 g/mol. The molecule has 2 aromatic carbocycles. The van der Waals surface area contributed by atoms with E-state index in [1.165, 1.54) is 25.1 Å². The Morgan fingerprint density at radius 3 is 2.71 bits per heavy atom. The summed E-state index contributed by atoms with van der Waals surface area (Å²) in [6.07, 6.45) is 0. The van der Waals surface area contributed by atoms with Gasteiger partial charge in [-0.15, -0.1) is 0 Å². The van der Waals surface area contributed by atoms with Crippen molar-refractivity contribution >= 4 is 39.0 Å². The van der Waals surface area contributed by atoms with Gasteiger partial charge in [-0.05, 0) is 31.2 Å².